The Kier molecular flexibility index (Phi) is 5.07. The van der Waals surface area contributed by atoms with E-state index >= 15 is 0 Å². The molecule has 0 aliphatic rings. The summed E-state index contributed by atoms with van der Waals surface area (Å²) in [7, 11) is 0. The van der Waals surface area contributed by atoms with E-state index in [1.54, 1.807) is 12.1 Å². The number of carbonyl (C=O) groups excluding carboxylic acids is 1. The molecule has 3 aromatic rings. The number of ketones is 1. The number of hydrogen-bond donors (Lipinski definition) is 2. The van der Waals surface area contributed by atoms with Crippen molar-refractivity contribution in [1.82, 2.24) is 9.78 Å². The van der Waals surface area contributed by atoms with Crippen molar-refractivity contribution < 1.29 is 9.90 Å². The average molecular weight is 363 g/mol. The molecule has 0 saturated carbocycles. The van der Waals surface area contributed by atoms with E-state index < -0.39 is 5.56 Å². The molecule has 138 valence electrons. The number of nitrogens with one attached hydrogen (secondary N) is 1. The number of carbonyl (C=O) groups is 1. The molecule has 0 aliphatic carbocycles. The number of rotatable bonds is 5. The van der Waals surface area contributed by atoms with Crippen LogP contribution in [0.5, 0.6) is 5.75 Å². The van der Waals surface area contributed by atoms with Gasteiger partial charge in [-0.15, -0.1) is 0 Å². The van der Waals surface area contributed by atoms with Gasteiger partial charge in [0, 0.05) is 12.1 Å². The van der Waals surface area contributed by atoms with E-state index in [0.717, 1.165) is 11.1 Å². The van der Waals surface area contributed by atoms with Crippen LogP contribution in [0.3, 0.4) is 0 Å². The first kappa shape index (κ1) is 18.4. The standard InChI is InChI=1S/C21H21N3O3/c1-4-24-21(27)20(22-16-11-10-13(2)12-17(16)26)18(14(3)25)19(23-24)15-8-6-5-7-9-15/h5-12,22,26H,4H2,1-3H3. The molecule has 0 bridgehead atoms. The van der Waals surface area contributed by atoms with Gasteiger partial charge in [0.1, 0.15) is 17.1 Å². The summed E-state index contributed by atoms with van der Waals surface area (Å²) in [6.45, 7) is 5.42. The van der Waals surface area contributed by atoms with Crippen LogP contribution < -0.4 is 10.9 Å². The number of aromatic nitrogens is 2. The summed E-state index contributed by atoms with van der Waals surface area (Å²) in [6, 6.07) is 14.3. The Labute approximate surface area is 157 Å². The maximum atomic E-state index is 12.9. The largest absolute Gasteiger partial charge is 0.506 e. The number of aromatic hydroxyl groups is 1. The highest BCUT2D eigenvalue weighted by Crippen LogP contribution is 2.31. The van der Waals surface area contributed by atoms with Crippen LogP contribution in [0.15, 0.2) is 53.3 Å². The number of phenols is 1. The third-order valence-electron chi connectivity index (χ3n) is 4.27. The number of nitrogens with zero attached hydrogens (tertiary/aromatic N) is 2. The SMILES string of the molecule is CCn1nc(-c2ccccc2)c(C(C)=O)c(Nc2ccc(C)cc2O)c1=O. The normalized spacial score (nSPS) is 10.6. The molecule has 1 aromatic heterocycles. The lowest BCUT2D eigenvalue weighted by molar-refractivity contribution is 0.101. The summed E-state index contributed by atoms with van der Waals surface area (Å²) in [6.07, 6.45) is 0. The fraction of sp³-hybridized carbons (Fsp3) is 0.190. The van der Waals surface area contributed by atoms with Crippen LogP contribution in [0, 0.1) is 6.92 Å². The zero-order chi connectivity index (χ0) is 19.6. The van der Waals surface area contributed by atoms with Crippen LogP contribution in [0.1, 0.15) is 29.8 Å². The molecule has 0 saturated heterocycles. The minimum atomic E-state index is -0.414. The molecule has 0 aliphatic heterocycles. The van der Waals surface area contributed by atoms with E-state index in [-0.39, 0.29) is 22.8 Å². The van der Waals surface area contributed by atoms with Crippen LogP contribution in [-0.2, 0) is 6.54 Å². The van der Waals surface area contributed by atoms with Crippen molar-refractivity contribution in [3.63, 3.8) is 0 Å². The van der Waals surface area contributed by atoms with E-state index in [2.05, 4.69) is 10.4 Å². The minimum absolute atomic E-state index is 0.00465. The lowest BCUT2D eigenvalue weighted by Gasteiger charge is -2.16. The van der Waals surface area contributed by atoms with Crippen molar-refractivity contribution >= 4 is 17.2 Å². The zero-order valence-corrected chi connectivity index (χ0v) is 15.5. The Morgan fingerprint density at radius 1 is 1.19 bits per heavy atom. The summed E-state index contributed by atoms with van der Waals surface area (Å²) in [4.78, 5) is 25.3. The fourth-order valence-corrected chi connectivity index (χ4v) is 2.92. The van der Waals surface area contributed by atoms with Gasteiger partial charge in [0.15, 0.2) is 5.78 Å². The predicted octanol–water partition coefficient (Wildman–Crippen LogP) is 3.89. The van der Waals surface area contributed by atoms with Crippen LogP contribution >= 0.6 is 0 Å². The Bertz CT molecular complexity index is 1060. The van der Waals surface area contributed by atoms with Gasteiger partial charge in [0.25, 0.3) is 5.56 Å². The number of phenolic OH excluding ortho intramolecular Hbond substituents is 1. The smallest absolute Gasteiger partial charge is 0.291 e. The quantitative estimate of drug-likeness (QED) is 0.531. The average Bonchev–Trinajstić information content (AvgIpc) is 2.65. The van der Waals surface area contributed by atoms with Gasteiger partial charge in [0.05, 0.1) is 11.3 Å². The lowest BCUT2D eigenvalue weighted by atomic mass is 10.0. The molecule has 0 atom stereocenters. The molecular weight excluding hydrogens is 342 g/mol. The molecular formula is C21H21N3O3. The summed E-state index contributed by atoms with van der Waals surface area (Å²) in [5.41, 5.74) is 2.30. The summed E-state index contributed by atoms with van der Waals surface area (Å²) in [5, 5.41) is 17.6. The predicted molar refractivity (Wildman–Crippen MR) is 106 cm³/mol. The molecule has 2 N–H and O–H groups in total. The Morgan fingerprint density at radius 2 is 1.89 bits per heavy atom. The number of aryl methyl sites for hydroxylation is 2. The molecule has 2 aromatic carbocycles. The molecule has 0 amide bonds. The number of Topliss-reactive ketones (excluding diaryl/α,β-unsaturated/α-hetero) is 1. The molecule has 0 unspecified atom stereocenters. The first-order valence-electron chi connectivity index (χ1n) is 8.70. The van der Waals surface area contributed by atoms with Gasteiger partial charge in [-0.25, -0.2) is 4.68 Å². The third-order valence-corrected chi connectivity index (χ3v) is 4.27. The molecule has 6 heteroatoms. The van der Waals surface area contributed by atoms with Gasteiger partial charge in [-0.1, -0.05) is 36.4 Å². The topological polar surface area (TPSA) is 84.2 Å². The molecule has 0 fully saturated rings. The van der Waals surface area contributed by atoms with Gasteiger partial charge >= 0.3 is 0 Å². The van der Waals surface area contributed by atoms with E-state index in [1.165, 1.54) is 11.6 Å². The summed E-state index contributed by atoms with van der Waals surface area (Å²) < 4.78 is 1.31. The highest BCUT2D eigenvalue weighted by molar-refractivity contribution is 6.05. The first-order valence-corrected chi connectivity index (χ1v) is 8.70. The van der Waals surface area contributed by atoms with Gasteiger partial charge < -0.3 is 10.4 Å². The lowest BCUT2D eigenvalue weighted by Crippen LogP contribution is -2.28. The Balaban J connectivity index is 2.28. The minimum Gasteiger partial charge on any atom is -0.506 e. The van der Waals surface area contributed by atoms with Crippen molar-refractivity contribution in [2.45, 2.75) is 27.3 Å². The van der Waals surface area contributed by atoms with E-state index in [4.69, 9.17) is 0 Å². The fourth-order valence-electron chi connectivity index (χ4n) is 2.92. The van der Waals surface area contributed by atoms with Crippen LogP contribution in [-0.4, -0.2) is 20.7 Å². The van der Waals surface area contributed by atoms with Crippen molar-refractivity contribution in [3.8, 4) is 17.0 Å². The molecule has 1 heterocycles. The van der Waals surface area contributed by atoms with Crippen LogP contribution in [0.2, 0.25) is 0 Å². The van der Waals surface area contributed by atoms with Gasteiger partial charge in [-0.3, -0.25) is 9.59 Å². The molecule has 6 nitrogen and oxygen atoms in total. The van der Waals surface area contributed by atoms with Crippen molar-refractivity contribution in [2.24, 2.45) is 0 Å². The van der Waals surface area contributed by atoms with Crippen LogP contribution in [0.4, 0.5) is 11.4 Å². The van der Waals surface area contributed by atoms with Gasteiger partial charge in [0.2, 0.25) is 0 Å². The van der Waals surface area contributed by atoms with Gasteiger partial charge in [-0.05, 0) is 38.5 Å². The molecule has 0 radical (unpaired) electrons. The molecule has 3 rings (SSSR count). The van der Waals surface area contributed by atoms with E-state index in [9.17, 15) is 14.7 Å². The molecule has 27 heavy (non-hydrogen) atoms. The number of benzene rings is 2. The highest BCUT2D eigenvalue weighted by atomic mass is 16.3. The van der Waals surface area contributed by atoms with Crippen molar-refractivity contribution in [3.05, 3.63) is 70.0 Å². The zero-order valence-electron chi connectivity index (χ0n) is 15.5. The summed E-state index contributed by atoms with van der Waals surface area (Å²) >= 11 is 0. The maximum Gasteiger partial charge on any atom is 0.291 e. The molecule has 0 spiro atoms. The second kappa shape index (κ2) is 7.45. The monoisotopic (exact) mass is 363 g/mol. The number of hydrogen-bond acceptors (Lipinski definition) is 5. The van der Waals surface area contributed by atoms with E-state index in [0.29, 0.717) is 17.9 Å². The number of anilines is 2. The summed E-state index contributed by atoms with van der Waals surface area (Å²) in [5.74, 6) is -0.277. The van der Waals surface area contributed by atoms with Crippen LogP contribution in [0.25, 0.3) is 11.3 Å². The highest BCUT2D eigenvalue weighted by Gasteiger charge is 2.22. The van der Waals surface area contributed by atoms with E-state index in [1.807, 2.05) is 50.2 Å². The van der Waals surface area contributed by atoms with Gasteiger partial charge in [-0.2, -0.15) is 5.10 Å². The Hall–Kier alpha value is -3.41. The second-order valence-electron chi connectivity index (χ2n) is 6.29. The maximum absolute atomic E-state index is 12.9. The van der Waals surface area contributed by atoms with Crippen molar-refractivity contribution in [2.75, 3.05) is 5.32 Å². The van der Waals surface area contributed by atoms with Crippen molar-refractivity contribution in [1.29, 1.82) is 0 Å². The first-order chi connectivity index (χ1) is 12.9. The second-order valence-corrected chi connectivity index (χ2v) is 6.29. The Morgan fingerprint density at radius 3 is 2.48 bits per heavy atom. The third kappa shape index (κ3) is 3.60.